The summed E-state index contributed by atoms with van der Waals surface area (Å²) in [5.41, 5.74) is 2.59. The average Bonchev–Trinajstić information content (AvgIpc) is 3.39. The zero-order valence-electron chi connectivity index (χ0n) is 20.2. The molecule has 0 radical (unpaired) electrons. The molecule has 1 amide bonds. The number of fused-ring (bicyclic) bond motifs is 1. The molecule has 1 atom stereocenters. The number of likely N-dealkylation sites (N-methyl/N-ethyl adjacent to an activating group) is 1. The van der Waals surface area contributed by atoms with E-state index in [4.69, 9.17) is 9.47 Å². The van der Waals surface area contributed by atoms with Crippen molar-refractivity contribution < 1.29 is 18.7 Å². The molecule has 10 heteroatoms. The van der Waals surface area contributed by atoms with E-state index >= 15 is 0 Å². The Bertz CT molecular complexity index is 1520. The van der Waals surface area contributed by atoms with Gasteiger partial charge in [0.1, 0.15) is 17.3 Å². The normalized spacial score (nSPS) is 12.8. The number of pyridine rings is 1. The number of nitrogens with one attached hydrogen (secondary N) is 2. The van der Waals surface area contributed by atoms with Crippen molar-refractivity contribution in [1.82, 2.24) is 19.9 Å². The summed E-state index contributed by atoms with van der Waals surface area (Å²) < 4.78 is 25.9. The van der Waals surface area contributed by atoms with Gasteiger partial charge in [0.05, 0.1) is 18.8 Å². The lowest BCUT2D eigenvalue weighted by molar-refractivity contribution is -0.117. The smallest absolute Gasteiger partial charge is 0.277 e. The van der Waals surface area contributed by atoms with Gasteiger partial charge in [-0.2, -0.15) is 0 Å². The first-order valence-corrected chi connectivity index (χ1v) is 11.6. The third kappa shape index (κ3) is 5.05. The average molecular weight is 502 g/mol. The van der Waals surface area contributed by atoms with E-state index in [0.29, 0.717) is 22.9 Å². The molecule has 2 aromatic heterocycles. The molecule has 5 rings (SSSR count). The minimum absolute atomic E-state index is 0.0397. The van der Waals surface area contributed by atoms with Crippen LogP contribution in [-0.2, 0) is 11.3 Å². The molecule has 0 spiro atoms. The number of ether oxygens (including phenoxy) is 2. The molecule has 1 aliphatic heterocycles. The van der Waals surface area contributed by atoms with Crippen molar-refractivity contribution in [2.75, 3.05) is 19.2 Å². The fourth-order valence-electron chi connectivity index (χ4n) is 3.92. The van der Waals surface area contributed by atoms with Crippen LogP contribution in [0, 0.1) is 5.82 Å². The first-order valence-electron chi connectivity index (χ1n) is 11.6. The molecule has 37 heavy (non-hydrogen) atoms. The van der Waals surface area contributed by atoms with Gasteiger partial charge < -0.3 is 20.1 Å². The number of hydrogen-bond donors (Lipinski definition) is 2. The molecule has 4 aromatic rings. The number of anilines is 1. The van der Waals surface area contributed by atoms with Crippen LogP contribution < -0.4 is 25.7 Å². The van der Waals surface area contributed by atoms with Crippen molar-refractivity contribution in [3.8, 4) is 34.0 Å². The standard InChI is InChI=1S/C27H24FN5O4/c1-16(29-2)26(34)32-22-13-31-25(18-3-6-21(28)7-4-18)33(27(22)35)14-17-9-20(12-30-11-17)19-5-8-23-24(10-19)37-15-36-23/h3-13,16,29H,14-15H2,1-2H3,(H,32,34)/t16-/m0/s1. The van der Waals surface area contributed by atoms with Gasteiger partial charge in [-0.15, -0.1) is 0 Å². The van der Waals surface area contributed by atoms with Gasteiger partial charge in [0, 0.05) is 23.5 Å². The first kappa shape index (κ1) is 24.1. The molecule has 0 saturated carbocycles. The first-order chi connectivity index (χ1) is 17.9. The number of benzene rings is 2. The van der Waals surface area contributed by atoms with Gasteiger partial charge in [0.15, 0.2) is 11.5 Å². The van der Waals surface area contributed by atoms with E-state index in [1.807, 2.05) is 24.3 Å². The van der Waals surface area contributed by atoms with Crippen LogP contribution in [0.4, 0.5) is 10.1 Å². The second kappa shape index (κ2) is 10.2. The molecular weight excluding hydrogens is 477 g/mol. The van der Waals surface area contributed by atoms with E-state index in [1.165, 1.54) is 22.9 Å². The van der Waals surface area contributed by atoms with Crippen molar-refractivity contribution in [2.24, 2.45) is 0 Å². The SMILES string of the molecule is CN[C@@H](C)C(=O)Nc1cnc(-c2ccc(F)cc2)n(Cc2cncc(-c3ccc4c(c3)OCO4)c2)c1=O. The Balaban J connectivity index is 1.54. The summed E-state index contributed by atoms with van der Waals surface area (Å²) in [6.45, 7) is 1.98. The maximum Gasteiger partial charge on any atom is 0.277 e. The predicted molar refractivity (Wildman–Crippen MR) is 136 cm³/mol. The van der Waals surface area contributed by atoms with Crippen LogP contribution >= 0.6 is 0 Å². The van der Waals surface area contributed by atoms with E-state index in [9.17, 15) is 14.0 Å². The highest BCUT2D eigenvalue weighted by molar-refractivity contribution is 5.94. The summed E-state index contributed by atoms with van der Waals surface area (Å²) in [6.07, 6.45) is 4.70. The van der Waals surface area contributed by atoms with E-state index in [1.54, 1.807) is 38.5 Å². The monoisotopic (exact) mass is 501 g/mol. The van der Waals surface area contributed by atoms with Crippen LogP contribution in [0.2, 0.25) is 0 Å². The van der Waals surface area contributed by atoms with E-state index in [2.05, 4.69) is 20.6 Å². The second-order valence-electron chi connectivity index (χ2n) is 8.54. The van der Waals surface area contributed by atoms with E-state index in [-0.39, 0.29) is 24.9 Å². The summed E-state index contributed by atoms with van der Waals surface area (Å²) in [6, 6.07) is 12.7. The Morgan fingerprint density at radius 1 is 1.03 bits per heavy atom. The summed E-state index contributed by atoms with van der Waals surface area (Å²) in [5.74, 6) is 0.900. The van der Waals surface area contributed by atoms with Gasteiger partial charge in [0.2, 0.25) is 12.7 Å². The summed E-state index contributed by atoms with van der Waals surface area (Å²) in [5, 5.41) is 5.47. The van der Waals surface area contributed by atoms with Gasteiger partial charge in [0.25, 0.3) is 5.56 Å². The molecule has 188 valence electrons. The van der Waals surface area contributed by atoms with Crippen LogP contribution in [0.3, 0.4) is 0 Å². The zero-order valence-corrected chi connectivity index (χ0v) is 20.2. The van der Waals surface area contributed by atoms with Crippen LogP contribution in [0.5, 0.6) is 11.5 Å². The molecule has 9 nitrogen and oxygen atoms in total. The third-order valence-corrected chi connectivity index (χ3v) is 6.08. The Labute approximate surface area is 211 Å². The number of nitrogens with zero attached hydrogens (tertiary/aromatic N) is 3. The van der Waals surface area contributed by atoms with Crippen molar-refractivity contribution in [3.63, 3.8) is 0 Å². The fourth-order valence-corrected chi connectivity index (χ4v) is 3.92. The van der Waals surface area contributed by atoms with Crippen molar-refractivity contribution in [1.29, 1.82) is 0 Å². The summed E-state index contributed by atoms with van der Waals surface area (Å²) in [7, 11) is 1.65. The van der Waals surface area contributed by atoms with Gasteiger partial charge in [-0.25, -0.2) is 9.37 Å². The molecular formula is C27H24FN5O4. The van der Waals surface area contributed by atoms with Crippen LogP contribution in [0.1, 0.15) is 12.5 Å². The van der Waals surface area contributed by atoms with Gasteiger partial charge in [-0.05, 0) is 67.6 Å². The third-order valence-electron chi connectivity index (χ3n) is 6.08. The highest BCUT2D eigenvalue weighted by Gasteiger charge is 2.18. The molecule has 1 aliphatic rings. The van der Waals surface area contributed by atoms with Crippen LogP contribution in [-0.4, -0.2) is 40.3 Å². The van der Waals surface area contributed by atoms with Gasteiger partial charge >= 0.3 is 0 Å². The molecule has 2 N–H and O–H groups in total. The number of aromatic nitrogens is 3. The lowest BCUT2D eigenvalue weighted by Gasteiger charge is -2.16. The summed E-state index contributed by atoms with van der Waals surface area (Å²) >= 11 is 0. The lowest BCUT2D eigenvalue weighted by atomic mass is 10.1. The Morgan fingerprint density at radius 3 is 2.57 bits per heavy atom. The van der Waals surface area contributed by atoms with Crippen LogP contribution in [0.25, 0.3) is 22.5 Å². The quantitative estimate of drug-likeness (QED) is 0.400. The molecule has 3 heterocycles. The molecule has 2 aromatic carbocycles. The number of carbonyl (C=O) groups is 1. The summed E-state index contributed by atoms with van der Waals surface area (Å²) in [4.78, 5) is 34.8. The topological polar surface area (TPSA) is 107 Å². The molecule has 0 aliphatic carbocycles. The van der Waals surface area contributed by atoms with Crippen LogP contribution in [0.15, 0.2) is 71.9 Å². The van der Waals surface area contributed by atoms with Gasteiger partial charge in [-0.1, -0.05) is 6.07 Å². The molecule has 0 saturated heterocycles. The fraction of sp³-hybridized carbons (Fsp3) is 0.185. The highest BCUT2D eigenvalue weighted by atomic mass is 19.1. The number of hydrogen-bond acceptors (Lipinski definition) is 7. The lowest BCUT2D eigenvalue weighted by Crippen LogP contribution is -2.38. The maximum absolute atomic E-state index is 13.6. The van der Waals surface area contributed by atoms with Crippen molar-refractivity contribution in [2.45, 2.75) is 19.5 Å². The van der Waals surface area contributed by atoms with E-state index in [0.717, 1.165) is 16.7 Å². The largest absolute Gasteiger partial charge is 0.454 e. The van der Waals surface area contributed by atoms with Crippen molar-refractivity contribution >= 4 is 11.6 Å². The maximum atomic E-state index is 13.6. The van der Waals surface area contributed by atoms with Gasteiger partial charge in [-0.3, -0.25) is 19.1 Å². The zero-order chi connectivity index (χ0) is 25.9. The number of carbonyl (C=O) groups excluding carboxylic acids is 1. The second-order valence-corrected chi connectivity index (χ2v) is 8.54. The predicted octanol–water partition coefficient (Wildman–Crippen LogP) is 3.43. The Morgan fingerprint density at radius 2 is 1.78 bits per heavy atom. The Hall–Kier alpha value is -4.57. The minimum atomic E-state index is -0.507. The van der Waals surface area contributed by atoms with Crippen molar-refractivity contribution in [3.05, 3.63) is 88.9 Å². The molecule has 0 bridgehead atoms. The van der Waals surface area contributed by atoms with E-state index < -0.39 is 17.4 Å². The number of halogens is 1. The molecule has 0 unspecified atom stereocenters. The Kier molecular flexibility index (Phi) is 6.65. The number of amides is 1. The highest BCUT2D eigenvalue weighted by Crippen LogP contribution is 2.36. The molecule has 0 fully saturated rings. The minimum Gasteiger partial charge on any atom is -0.454 e. The number of rotatable bonds is 7.